The zero-order valence-electron chi connectivity index (χ0n) is 13.7. The first-order valence-electron chi connectivity index (χ1n) is 8.36. The van der Waals surface area contributed by atoms with Gasteiger partial charge in [-0.3, -0.25) is 4.79 Å². The summed E-state index contributed by atoms with van der Waals surface area (Å²) in [7, 11) is 0. The maximum atomic E-state index is 12.7. The van der Waals surface area contributed by atoms with Crippen molar-refractivity contribution in [2.45, 2.75) is 37.5 Å². The van der Waals surface area contributed by atoms with Crippen LogP contribution in [0.3, 0.4) is 0 Å². The van der Waals surface area contributed by atoms with Gasteiger partial charge in [0.15, 0.2) is 5.69 Å². The third-order valence-electron chi connectivity index (χ3n) is 4.51. The van der Waals surface area contributed by atoms with Gasteiger partial charge in [0.05, 0.1) is 12.1 Å². The van der Waals surface area contributed by atoms with E-state index in [0.29, 0.717) is 18.9 Å². The molecule has 138 valence electrons. The zero-order valence-corrected chi connectivity index (χ0v) is 13.7. The molecule has 1 aliphatic carbocycles. The molecule has 9 heteroatoms. The van der Waals surface area contributed by atoms with Crippen molar-refractivity contribution in [1.29, 1.82) is 0 Å². The summed E-state index contributed by atoms with van der Waals surface area (Å²) in [6.07, 6.45) is -1.20. The average Bonchev–Trinajstić information content (AvgIpc) is 3.15. The van der Waals surface area contributed by atoms with Crippen molar-refractivity contribution in [3.63, 3.8) is 0 Å². The van der Waals surface area contributed by atoms with Crippen LogP contribution in [0.5, 0.6) is 5.88 Å². The van der Waals surface area contributed by atoms with E-state index in [0.717, 1.165) is 36.9 Å². The lowest BCUT2D eigenvalue weighted by Gasteiger charge is -2.16. The summed E-state index contributed by atoms with van der Waals surface area (Å²) in [5.74, 6) is 0.736. The lowest BCUT2D eigenvalue weighted by molar-refractivity contribution is -0.137. The Labute approximate surface area is 146 Å². The van der Waals surface area contributed by atoms with Crippen LogP contribution in [0.1, 0.15) is 47.0 Å². The number of ether oxygens (including phenoxy) is 1. The smallest absolute Gasteiger partial charge is 0.416 e. The molecule has 26 heavy (non-hydrogen) atoms. The van der Waals surface area contributed by atoms with E-state index in [9.17, 15) is 18.0 Å². The van der Waals surface area contributed by atoms with Crippen LogP contribution in [-0.4, -0.2) is 40.1 Å². The largest absolute Gasteiger partial charge is 0.472 e. The lowest BCUT2D eigenvalue weighted by Crippen LogP contribution is -2.31. The first-order chi connectivity index (χ1) is 12.4. The molecule has 1 saturated carbocycles. The van der Waals surface area contributed by atoms with Gasteiger partial charge >= 0.3 is 6.18 Å². The Morgan fingerprint density at radius 1 is 1.27 bits per heavy atom. The van der Waals surface area contributed by atoms with Crippen LogP contribution < -0.4 is 4.74 Å². The molecular weight excluding hydrogens is 351 g/mol. The number of hydrogen-bond donors (Lipinski definition) is 0. The highest BCUT2D eigenvalue weighted by Crippen LogP contribution is 2.40. The van der Waals surface area contributed by atoms with E-state index < -0.39 is 17.8 Å². The van der Waals surface area contributed by atoms with Crippen molar-refractivity contribution in [3.8, 4) is 5.88 Å². The van der Waals surface area contributed by atoms with Gasteiger partial charge in [0.2, 0.25) is 5.88 Å². The molecule has 6 nitrogen and oxygen atoms in total. The highest BCUT2D eigenvalue weighted by molar-refractivity contribution is 5.92. The van der Waals surface area contributed by atoms with Crippen molar-refractivity contribution in [2.24, 2.45) is 0 Å². The Balaban J connectivity index is 1.38. The van der Waals surface area contributed by atoms with E-state index in [1.54, 1.807) is 11.0 Å². The molecule has 0 spiro atoms. The van der Waals surface area contributed by atoms with Crippen LogP contribution in [0, 0.1) is 0 Å². The minimum atomic E-state index is -4.45. The number of alkyl halides is 3. The van der Waals surface area contributed by atoms with E-state index in [1.807, 2.05) is 0 Å². The minimum absolute atomic E-state index is 0.100. The number of carbonyl (C=O) groups excluding carboxylic acids is 1. The van der Waals surface area contributed by atoms with Gasteiger partial charge < -0.3 is 14.2 Å². The van der Waals surface area contributed by atoms with E-state index in [-0.39, 0.29) is 24.0 Å². The monoisotopic (exact) mass is 367 g/mol. The normalized spacial score (nSPS) is 20.4. The Morgan fingerprint density at radius 2 is 2.08 bits per heavy atom. The van der Waals surface area contributed by atoms with Gasteiger partial charge in [0, 0.05) is 37.2 Å². The fourth-order valence-corrected chi connectivity index (χ4v) is 2.94. The number of amides is 1. The SMILES string of the molecule is O=C(c1cc(C2CC2)on1)N1CCC(Oc2cc(C(F)(F)F)ccn2)C1. The first kappa shape index (κ1) is 16.9. The van der Waals surface area contributed by atoms with Crippen LogP contribution in [0.25, 0.3) is 0 Å². The quantitative estimate of drug-likeness (QED) is 0.830. The fraction of sp³-hybridized carbons (Fsp3) is 0.471. The predicted molar refractivity (Wildman–Crippen MR) is 82.7 cm³/mol. The van der Waals surface area contributed by atoms with Crippen LogP contribution in [0.15, 0.2) is 28.9 Å². The Morgan fingerprint density at radius 3 is 2.81 bits per heavy atom. The van der Waals surface area contributed by atoms with Gasteiger partial charge in [-0.2, -0.15) is 13.2 Å². The summed E-state index contributed by atoms with van der Waals surface area (Å²) < 4.78 is 49.0. The second-order valence-corrected chi connectivity index (χ2v) is 6.55. The molecule has 0 bridgehead atoms. The molecule has 2 aliphatic rings. The molecule has 3 heterocycles. The van der Waals surface area contributed by atoms with Crippen molar-refractivity contribution in [1.82, 2.24) is 15.0 Å². The van der Waals surface area contributed by atoms with Gasteiger partial charge in [0.1, 0.15) is 11.9 Å². The predicted octanol–water partition coefficient (Wildman–Crippen LogP) is 3.26. The third-order valence-corrected chi connectivity index (χ3v) is 4.51. The first-order valence-corrected chi connectivity index (χ1v) is 8.36. The number of hydrogen-bond acceptors (Lipinski definition) is 5. The molecule has 1 atom stereocenters. The number of carbonyl (C=O) groups is 1. The van der Waals surface area contributed by atoms with Crippen molar-refractivity contribution in [3.05, 3.63) is 41.4 Å². The van der Waals surface area contributed by atoms with Crippen LogP contribution in [0.4, 0.5) is 13.2 Å². The summed E-state index contributed by atoms with van der Waals surface area (Å²) in [6.45, 7) is 0.705. The molecule has 1 saturated heterocycles. The second kappa shape index (κ2) is 6.30. The summed E-state index contributed by atoms with van der Waals surface area (Å²) in [5, 5.41) is 3.83. The molecule has 1 unspecified atom stereocenters. The topological polar surface area (TPSA) is 68.5 Å². The molecule has 2 fully saturated rings. The molecule has 4 rings (SSSR count). The van der Waals surface area contributed by atoms with Crippen molar-refractivity contribution in [2.75, 3.05) is 13.1 Å². The van der Waals surface area contributed by atoms with E-state index in [1.165, 1.54) is 0 Å². The molecular formula is C17H16F3N3O3. The third kappa shape index (κ3) is 3.51. The molecule has 0 radical (unpaired) electrons. The van der Waals surface area contributed by atoms with Gasteiger partial charge in [-0.1, -0.05) is 5.16 Å². The van der Waals surface area contributed by atoms with Gasteiger partial charge in [0.25, 0.3) is 5.91 Å². The van der Waals surface area contributed by atoms with Crippen molar-refractivity contribution < 1.29 is 27.2 Å². The molecule has 1 amide bonds. The summed E-state index contributed by atoms with van der Waals surface area (Å²) in [4.78, 5) is 17.9. The Kier molecular flexibility index (Phi) is 4.08. The van der Waals surface area contributed by atoms with E-state index in [2.05, 4.69) is 10.1 Å². The van der Waals surface area contributed by atoms with Gasteiger partial charge in [-0.15, -0.1) is 0 Å². The van der Waals surface area contributed by atoms with Gasteiger partial charge in [-0.05, 0) is 18.9 Å². The molecule has 2 aromatic heterocycles. The number of nitrogens with zero attached hydrogens (tertiary/aromatic N) is 3. The van der Waals surface area contributed by atoms with E-state index in [4.69, 9.17) is 9.26 Å². The summed E-state index contributed by atoms with van der Waals surface area (Å²) in [6, 6.07) is 3.42. The molecule has 0 aromatic carbocycles. The zero-order chi connectivity index (χ0) is 18.3. The fourth-order valence-electron chi connectivity index (χ4n) is 2.94. The highest BCUT2D eigenvalue weighted by atomic mass is 19.4. The summed E-state index contributed by atoms with van der Waals surface area (Å²) in [5.41, 5.74) is -0.562. The summed E-state index contributed by atoms with van der Waals surface area (Å²) >= 11 is 0. The van der Waals surface area contributed by atoms with Crippen molar-refractivity contribution >= 4 is 5.91 Å². The second-order valence-electron chi connectivity index (χ2n) is 6.55. The molecule has 2 aromatic rings. The standard InChI is InChI=1S/C17H16F3N3O3/c18-17(19,20)11-3-5-21-15(7-11)25-12-4-6-23(9-12)16(24)13-8-14(26-22-13)10-1-2-10/h3,5,7-8,10,12H,1-2,4,6,9H2. The maximum Gasteiger partial charge on any atom is 0.416 e. The molecule has 1 aliphatic heterocycles. The Bertz CT molecular complexity index is 817. The Hall–Kier alpha value is -2.58. The average molecular weight is 367 g/mol. The number of pyridine rings is 1. The van der Waals surface area contributed by atoms with Crippen LogP contribution in [-0.2, 0) is 6.18 Å². The minimum Gasteiger partial charge on any atom is -0.472 e. The number of halogens is 3. The number of aromatic nitrogens is 2. The van der Waals surface area contributed by atoms with Crippen LogP contribution in [0.2, 0.25) is 0 Å². The highest BCUT2D eigenvalue weighted by Gasteiger charge is 2.34. The molecule has 0 N–H and O–H groups in total. The maximum absolute atomic E-state index is 12.7. The number of rotatable bonds is 4. The lowest BCUT2D eigenvalue weighted by atomic mass is 10.2. The van der Waals surface area contributed by atoms with Crippen LogP contribution >= 0.6 is 0 Å². The number of likely N-dealkylation sites (tertiary alicyclic amines) is 1. The van der Waals surface area contributed by atoms with E-state index >= 15 is 0 Å². The van der Waals surface area contributed by atoms with Gasteiger partial charge in [-0.25, -0.2) is 4.98 Å².